The molecule has 0 aliphatic rings. The Morgan fingerprint density at radius 3 is 2.38 bits per heavy atom. The summed E-state index contributed by atoms with van der Waals surface area (Å²) in [6.45, 7) is 1.43. The van der Waals surface area contributed by atoms with E-state index in [0.29, 0.717) is 0 Å². The molecule has 0 spiro atoms. The van der Waals surface area contributed by atoms with Gasteiger partial charge in [-0.25, -0.2) is 8.78 Å². The van der Waals surface area contributed by atoms with Crippen molar-refractivity contribution in [3.05, 3.63) is 57.1 Å². The maximum absolute atomic E-state index is 14.5. The van der Waals surface area contributed by atoms with Crippen LogP contribution >= 0.6 is 23.2 Å². The van der Waals surface area contributed by atoms with Crippen LogP contribution in [0.1, 0.15) is 22.8 Å². The Balaban J connectivity index is 2.66. The summed E-state index contributed by atoms with van der Waals surface area (Å²) < 4.78 is 33.4. The summed E-state index contributed by atoms with van der Waals surface area (Å²) in [5.41, 5.74) is 4.16. The summed E-state index contributed by atoms with van der Waals surface area (Å²) in [7, 11) is 1.17. The molecule has 0 fully saturated rings. The molecule has 0 radical (unpaired) electrons. The van der Waals surface area contributed by atoms with E-state index in [0.717, 1.165) is 12.1 Å². The van der Waals surface area contributed by atoms with Crippen molar-refractivity contribution in [3.8, 4) is 5.75 Å². The van der Waals surface area contributed by atoms with Crippen LogP contribution in [0.2, 0.25) is 10.0 Å². The number of ether oxygens (including phenoxy) is 1. The second-order valence-electron chi connectivity index (χ2n) is 5.33. The van der Waals surface area contributed by atoms with E-state index in [1.165, 1.54) is 26.2 Å². The van der Waals surface area contributed by atoms with E-state index < -0.39 is 34.9 Å². The number of anilines is 1. The van der Waals surface area contributed by atoms with Gasteiger partial charge in [0.2, 0.25) is 11.7 Å². The zero-order valence-electron chi connectivity index (χ0n) is 13.7. The van der Waals surface area contributed by atoms with Gasteiger partial charge in [-0.1, -0.05) is 23.2 Å². The molecule has 0 bridgehead atoms. The Morgan fingerprint density at radius 1 is 1.15 bits per heavy atom. The van der Waals surface area contributed by atoms with E-state index in [1.54, 1.807) is 0 Å². The van der Waals surface area contributed by atoms with Crippen LogP contribution in [-0.2, 0) is 4.79 Å². The zero-order chi connectivity index (χ0) is 19.6. The van der Waals surface area contributed by atoms with Crippen LogP contribution in [0, 0.1) is 11.6 Å². The van der Waals surface area contributed by atoms with Gasteiger partial charge in [0.25, 0.3) is 0 Å². The quantitative estimate of drug-likeness (QED) is 0.745. The molecular weight excluding hydrogens is 389 g/mol. The van der Waals surface area contributed by atoms with Crippen molar-refractivity contribution in [2.24, 2.45) is 5.73 Å². The van der Waals surface area contributed by atoms with Crippen LogP contribution in [0.3, 0.4) is 0 Å². The average molecular weight is 403 g/mol. The van der Waals surface area contributed by atoms with Gasteiger partial charge in [0.1, 0.15) is 5.82 Å². The van der Waals surface area contributed by atoms with Crippen molar-refractivity contribution >= 4 is 40.6 Å². The number of hydrogen-bond donors (Lipinski definition) is 2. The maximum Gasteiger partial charge on any atom is 0.241 e. The van der Waals surface area contributed by atoms with Gasteiger partial charge in [-0.3, -0.25) is 9.59 Å². The first-order chi connectivity index (χ1) is 12.2. The van der Waals surface area contributed by atoms with Crippen molar-refractivity contribution in [3.63, 3.8) is 0 Å². The fourth-order valence-corrected chi connectivity index (χ4v) is 2.56. The van der Waals surface area contributed by atoms with Crippen LogP contribution in [0.4, 0.5) is 14.5 Å². The number of nitrogens with one attached hydrogen (secondary N) is 1. The topological polar surface area (TPSA) is 81.4 Å². The van der Waals surface area contributed by atoms with Gasteiger partial charge in [0.05, 0.1) is 40.0 Å². The minimum Gasteiger partial charge on any atom is -0.494 e. The molecule has 0 aliphatic heterocycles. The molecule has 5 nitrogen and oxygen atoms in total. The molecule has 2 rings (SSSR count). The predicted octanol–water partition coefficient (Wildman–Crippen LogP) is 3.80. The molecule has 1 amide bonds. The number of methoxy groups -OCH3 is 1. The van der Waals surface area contributed by atoms with E-state index in [2.05, 4.69) is 5.32 Å². The van der Waals surface area contributed by atoms with Crippen LogP contribution in [0.5, 0.6) is 5.75 Å². The minimum absolute atomic E-state index is 0.0301. The summed E-state index contributed by atoms with van der Waals surface area (Å²) in [6.07, 6.45) is 0. The number of amides is 1. The van der Waals surface area contributed by atoms with Gasteiger partial charge in [0, 0.05) is 0 Å². The number of hydrogen-bond acceptors (Lipinski definition) is 4. The molecule has 2 aromatic carbocycles. The highest BCUT2D eigenvalue weighted by Crippen LogP contribution is 2.35. The van der Waals surface area contributed by atoms with Gasteiger partial charge >= 0.3 is 0 Å². The van der Waals surface area contributed by atoms with Gasteiger partial charge < -0.3 is 15.8 Å². The largest absolute Gasteiger partial charge is 0.494 e. The molecular formula is C17H14Cl2F2N2O3. The molecule has 3 N–H and O–H groups in total. The van der Waals surface area contributed by atoms with Crippen molar-refractivity contribution in [1.82, 2.24) is 0 Å². The summed E-state index contributed by atoms with van der Waals surface area (Å²) in [4.78, 5) is 24.7. The molecule has 9 heteroatoms. The van der Waals surface area contributed by atoms with E-state index >= 15 is 0 Å². The highest BCUT2D eigenvalue weighted by molar-refractivity contribution is 6.45. The molecule has 2 aromatic rings. The number of rotatable bonds is 5. The molecule has 0 aromatic heterocycles. The third-order valence-electron chi connectivity index (χ3n) is 3.50. The first kappa shape index (κ1) is 20.1. The first-order valence-electron chi connectivity index (χ1n) is 7.30. The molecule has 26 heavy (non-hydrogen) atoms. The number of nitrogens with two attached hydrogens (primary N) is 1. The third kappa shape index (κ3) is 3.80. The highest BCUT2D eigenvalue weighted by Gasteiger charge is 2.28. The summed E-state index contributed by atoms with van der Waals surface area (Å²) in [5.74, 6) is -4.36. The number of carbonyl (C=O) groups is 2. The van der Waals surface area contributed by atoms with Crippen molar-refractivity contribution in [2.45, 2.75) is 13.0 Å². The standard InChI is InChI=1S/C17H14Cl2F2N2O3/c1-7(22)17(25)23-10-5-3-8(18)14(19)13(10)16(24)12-9(20)4-6-11(26-2)15(12)21/h3-7H,22H2,1-2H3,(H,23,25). The Morgan fingerprint density at radius 2 is 1.81 bits per heavy atom. The van der Waals surface area contributed by atoms with E-state index in [-0.39, 0.29) is 27.0 Å². The molecule has 1 atom stereocenters. The minimum atomic E-state index is -1.20. The van der Waals surface area contributed by atoms with Gasteiger partial charge in [-0.05, 0) is 31.2 Å². The van der Waals surface area contributed by atoms with Gasteiger partial charge in [-0.2, -0.15) is 0 Å². The SMILES string of the molecule is COc1ccc(F)c(C(=O)c2c(NC(=O)C(C)N)ccc(Cl)c2Cl)c1F. The molecule has 0 saturated carbocycles. The Bertz CT molecular complexity index is 889. The maximum atomic E-state index is 14.5. The van der Waals surface area contributed by atoms with Crippen LogP contribution < -0.4 is 15.8 Å². The monoisotopic (exact) mass is 402 g/mol. The lowest BCUT2D eigenvalue weighted by atomic mass is 9.99. The molecule has 0 aliphatic carbocycles. The molecule has 1 unspecified atom stereocenters. The molecule has 0 saturated heterocycles. The second-order valence-corrected chi connectivity index (χ2v) is 6.11. The molecule has 0 heterocycles. The van der Waals surface area contributed by atoms with E-state index in [1.807, 2.05) is 0 Å². The molecule has 138 valence electrons. The lowest BCUT2D eigenvalue weighted by Crippen LogP contribution is -2.33. The fraction of sp³-hybridized carbons (Fsp3) is 0.176. The summed E-state index contributed by atoms with van der Waals surface area (Å²) >= 11 is 12.0. The smallest absolute Gasteiger partial charge is 0.241 e. The number of ketones is 1. The van der Waals surface area contributed by atoms with Crippen LogP contribution in [0.25, 0.3) is 0 Å². The third-order valence-corrected chi connectivity index (χ3v) is 4.30. The Hall–Kier alpha value is -2.22. The van der Waals surface area contributed by atoms with E-state index in [9.17, 15) is 18.4 Å². The van der Waals surface area contributed by atoms with Crippen molar-refractivity contribution in [1.29, 1.82) is 0 Å². The van der Waals surface area contributed by atoms with Gasteiger partial charge in [0.15, 0.2) is 11.6 Å². The highest BCUT2D eigenvalue weighted by atomic mass is 35.5. The summed E-state index contributed by atoms with van der Waals surface area (Å²) in [6, 6.07) is 3.65. The fourth-order valence-electron chi connectivity index (χ4n) is 2.15. The van der Waals surface area contributed by atoms with Gasteiger partial charge in [-0.15, -0.1) is 0 Å². The summed E-state index contributed by atoms with van der Waals surface area (Å²) in [5, 5.41) is 2.10. The number of halogens is 4. The van der Waals surface area contributed by atoms with Crippen LogP contribution in [0.15, 0.2) is 24.3 Å². The number of benzene rings is 2. The van der Waals surface area contributed by atoms with Crippen LogP contribution in [-0.4, -0.2) is 24.8 Å². The Kier molecular flexibility index (Phi) is 6.17. The van der Waals surface area contributed by atoms with Crippen molar-refractivity contribution < 1.29 is 23.1 Å². The lowest BCUT2D eigenvalue weighted by Gasteiger charge is -2.15. The number of carbonyl (C=O) groups excluding carboxylic acids is 2. The normalized spacial score (nSPS) is 11.8. The van der Waals surface area contributed by atoms with E-state index in [4.69, 9.17) is 33.7 Å². The van der Waals surface area contributed by atoms with Crippen molar-refractivity contribution in [2.75, 3.05) is 12.4 Å². The average Bonchev–Trinajstić information content (AvgIpc) is 2.58. The Labute approximate surface area is 158 Å². The predicted molar refractivity (Wildman–Crippen MR) is 95.1 cm³/mol. The lowest BCUT2D eigenvalue weighted by molar-refractivity contribution is -0.117. The first-order valence-corrected chi connectivity index (χ1v) is 8.05. The second kappa shape index (κ2) is 7.99. The zero-order valence-corrected chi connectivity index (χ0v) is 15.2.